The van der Waals surface area contributed by atoms with Crippen molar-refractivity contribution in [3.05, 3.63) is 48.8 Å². The summed E-state index contributed by atoms with van der Waals surface area (Å²) in [4.78, 5) is 11.6. The molecule has 4 aliphatic rings. The second kappa shape index (κ2) is 6.52. The molecule has 0 amide bonds. The minimum atomic E-state index is 0.572. The first-order chi connectivity index (χ1) is 14.2. The Bertz CT molecular complexity index is 990. The molecule has 8 heteroatoms. The maximum absolute atomic E-state index is 6.13. The summed E-state index contributed by atoms with van der Waals surface area (Å²) in [6.07, 6.45) is 9.80. The van der Waals surface area contributed by atoms with Crippen molar-refractivity contribution < 1.29 is 4.74 Å². The Kier molecular flexibility index (Phi) is 3.80. The first kappa shape index (κ1) is 16.9. The molecule has 7 rings (SSSR count). The van der Waals surface area contributed by atoms with Gasteiger partial charge in [0.1, 0.15) is 30.5 Å². The summed E-state index contributed by atoms with van der Waals surface area (Å²) in [5.74, 6) is 2.41. The Hall–Kier alpha value is -3.00. The molecule has 4 aliphatic heterocycles. The molecular formula is C21H23N7O. The largest absolute Gasteiger partial charge is 0.439 e. The molecule has 4 bridgehead atoms. The van der Waals surface area contributed by atoms with Gasteiger partial charge in [-0.25, -0.2) is 9.97 Å². The van der Waals surface area contributed by atoms with Gasteiger partial charge in [-0.05, 0) is 56.9 Å². The molecule has 0 unspecified atom stereocenters. The quantitative estimate of drug-likeness (QED) is 0.735. The molecular weight excluding hydrogens is 366 g/mol. The summed E-state index contributed by atoms with van der Waals surface area (Å²) in [7, 11) is 0. The predicted molar refractivity (Wildman–Crippen MR) is 107 cm³/mol. The minimum Gasteiger partial charge on any atom is -0.439 e. The van der Waals surface area contributed by atoms with Gasteiger partial charge in [-0.3, -0.25) is 4.57 Å². The minimum absolute atomic E-state index is 0.572. The summed E-state index contributed by atoms with van der Waals surface area (Å²) in [6.45, 7) is 2.07. The van der Waals surface area contributed by atoms with E-state index in [9.17, 15) is 0 Å². The van der Waals surface area contributed by atoms with Gasteiger partial charge in [0, 0.05) is 29.9 Å². The fourth-order valence-electron chi connectivity index (χ4n) is 5.32. The number of aromatic nitrogens is 5. The van der Waals surface area contributed by atoms with Crippen LogP contribution in [-0.2, 0) is 0 Å². The van der Waals surface area contributed by atoms with Crippen LogP contribution in [0.4, 0.5) is 5.82 Å². The van der Waals surface area contributed by atoms with E-state index >= 15 is 0 Å². The van der Waals surface area contributed by atoms with E-state index < -0.39 is 0 Å². The second-order valence-corrected chi connectivity index (χ2v) is 8.31. The number of piperidine rings is 4. The maximum Gasteiger partial charge on any atom is 0.227 e. The Balaban J connectivity index is 1.26. The second-order valence-electron chi connectivity index (χ2n) is 8.31. The molecule has 2 aromatic heterocycles. The number of anilines is 1. The summed E-state index contributed by atoms with van der Waals surface area (Å²) in [5, 5.41) is 11.4. The first-order valence-electron chi connectivity index (χ1n) is 10.2. The molecule has 8 nitrogen and oxygen atoms in total. The van der Waals surface area contributed by atoms with E-state index in [1.54, 1.807) is 19.0 Å². The highest BCUT2D eigenvalue weighted by Crippen LogP contribution is 2.43. The fraction of sp³-hybridized carbons (Fsp3) is 0.429. The smallest absolute Gasteiger partial charge is 0.227 e. The lowest BCUT2D eigenvalue weighted by atomic mass is 9.74. The Morgan fingerprint density at radius 2 is 1.59 bits per heavy atom. The molecule has 0 spiro atoms. The summed E-state index contributed by atoms with van der Waals surface area (Å²) in [5.41, 5.74) is 1.99. The van der Waals surface area contributed by atoms with Crippen LogP contribution in [-0.4, -0.2) is 48.9 Å². The number of benzene rings is 1. The van der Waals surface area contributed by atoms with Crippen molar-refractivity contribution in [3.8, 4) is 17.3 Å². The lowest BCUT2D eigenvalue weighted by Gasteiger charge is -2.57. The van der Waals surface area contributed by atoms with E-state index in [2.05, 4.69) is 37.3 Å². The zero-order valence-corrected chi connectivity index (χ0v) is 16.3. The van der Waals surface area contributed by atoms with Crippen molar-refractivity contribution in [2.75, 3.05) is 4.90 Å². The zero-order valence-electron chi connectivity index (χ0n) is 16.3. The lowest BCUT2D eigenvalue weighted by Crippen LogP contribution is -2.68. The normalized spacial score (nSPS) is 27.4. The monoisotopic (exact) mass is 389 g/mol. The van der Waals surface area contributed by atoms with Gasteiger partial charge in [0.05, 0.1) is 5.56 Å². The van der Waals surface area contributed by atoms with Crippen LogP contribution < -0.4 is 15.0 Å². The Labute approximate surface area is 169 Å². The zero-order chi connectivity index (χ0) is 19.4. The van der Waals surface area contributed by atoms with Crippen molar-refractivity contribution >= 4 is 5.82 Å². The van der Waals surface area contributed by atoms with Crippen LogP contribution in [0.1, 0.15) is 31.2 Å². The average molecular weight is 389 g/mol. The molecule has 4 saturated heterocycles. The lowest BCUT2D eigenvalue weighted by molar-refractivity contribution is 0.133. The number of nitrogens with one attached hydrogen (secondary N) is 1. The number of rotatable bonds is 4. The molecule has 4 fully saturated rings. The van der Waals surface area contributed by atoms with E-state index in [0.717, 1.165) is 22.8 Å². The Morgan fingerprint density at radius 1 is 0.931 bits per heavy atom. The molecule has 29 heavy (non-hydrogen) atoms. The van der Waals surface area contributed by atoms with Gasteiger partial charge in [0.15, 0.2) is 0 Å². The Morgan fingerprint density at radius 3 is 2.24 bits per heavy atom. The van der Waals surface area contributed by atoms with E-state index in [1.807, 2.05) is 28.8 Å². The highest BCUT2D eigenvalue weighted by molar-refractivity contribution is 5.54. The number of nitrogens with zero attached hydrogens (tertiary/aromatic N) is 6. The molecule has 0 atom stereocenters. The van der Waals surface area contributed by atoms with Gasteiger partial charge in [-0.15, -0.1) is 10.2 Å². The maximum atomic E-state index is 6.13. The molecule has 0 aliphatic carbocycles. The molecule has 3 aromatic rings. The van der Waals surface area contributed by atoms with E-state index in [0.29, 0.717) is 30.0 Å². The number of hydrogen-bond acceptors (Lipinski definition) is 7. The van der Waals surface area contributed by atoms with Gasteiger partial charge in [0.25, 0.3) is 0 Å². The van der Waals surface area contributed by atoms with Gasteiger partial charge in [-0.1, -0.05) is 0 Å². The molecule has 0 radical (unpaired) electrons. The van der Waals surface area contributed by atoms with Crippen molar-refractivity contribution in [1.29, 1.82) is 0 Å². The topological polar surface area (TPSA) is 81.0 Å². The summed E-state index contributed by atoms with van der Waals surface area (Å²) < 4.78 is 7.99. The number of hydrogen-bond donors (Lipinski definition) is 1. The van der Waals surface area contributed by atoms with Crippen LogP contribution in [0.3, 0.4) is 0 Å². The van der Waals surface area contributed by atoms with Crippen LogP contribution in [0.5, 0.6) is 11.6 Å². The molecule has 1 aromatic carbocycles. The SMILES string of the molecule is Cc1c(Oc2ccc(-n3cnnc3)cc2)ncnc1N1C2CC3CC1CC(C2)N3. The third kappa shape index (κ3) is 2.86. The molecule has 1 N–H and O–H groups in total. The highest BCUT2D eigenvalue weighted by Gasteiger charge is 2.47. The van der Waals surface area contributed by atoms with Crippen molar-refractivity contribution in [3.63, 3.8) is 0 Å². The molecule has 0 saturated carbocycles. The average Bonchev–Trinajstić information content (AvgIpc) is 3.25. The van der Waals surface area contributed by atoms with Crippen LogP contribution in [0.25, 0.3) is 5.69 Å². The van der Waals surface area contributed by atoms with Gasteiger partial charge < -0.3 is 15.0 Å². The highest BCUT2D eigenvalue weighted by atomic mass is 16.5. The molecule has 6 heterocycles. The van der Waals surface area contributed by atoms with Gasteiger partial charge >= 0.3 is 0 Å². The van der Waals surface area contributed by atoms with Gasteiger partial charge in [-0.2, -0.15) is 0 Å². The van der Waals surface area contributed by atoms with E-state index in [-0.39, 0.29) is 0 Å². The van der Waals surface area contributed by atoms with Crippen LogP contribution in [0, 0.1) is 6.92 Å². The van der Waals surface area contributed by atoms with Crippen LogP contribution in [0.2, 0.25) is 0 Å². The third-order valence-corrected chi connectivity index (χ3v) is 6.51. The van der Waals surface area contributed by atoms with Crippen molar-refractivity contribution in [2.45, 2.75) is 56.8 Å². The van der Waals surface area contributed by atoms with Crippen molar-refractivity contribution in [2.24, 2.45) is 0 Å². The molecule has 148 valence electrons. The van der Waals surface area contributed by atoms with Gasteiger partial charge in [0.2, 0.25) is 5.88 Å². The summed E-state index contributed by atoms with van der Waals surface area (Å²) in [6, 6.07) is 10.3. The van der Waals surface area contributed by atoms with Crippen molar-refractivity contribution in [1.82, 2.24) is 30.0 Å². The van der Waals surface area contributed by atoms with E-state index in [4.69, 9.17) is 4.74 Å². The summed E-state index contributed by atoms with van der Waals surface area (Å²) >= 11 is 0. The van der Waals surface area contributed by atoms with E-state index in [1.165, 1.54) is 25.7 Å². The number of ether oxygens (including phenoxy) is 1. The van der Waals surface area contributed by atoms with Crippen LogP contribution in [0.15, 0.2) is 43.2 Å². The standard InChI is InChI=1S/C21H23N7O/c1-13-20(28-17-6-14-7-18(28)9-15(8-17)26-14)22-10-23-21(13)29-19-4-2-16(3-5-19)27-11-24-25-12-27/h2-5,10-12,14-15,17-18,26H,6-9H2,1H3. The third-order valence-electron chi connectivity index (χ3n) is 6.51. The van der Waals surface area contributed by atoms with Crippen LogP contribution >= 0.6 is 0 Å². The first-order valence-corrected chi connectivity index (χ1v) is 10.2. The fourth-order valence-corrected chi connectivity index (χ4v) is 5.32. The predicted octanol–water partition coefficient (Wildman–Crippen LogP) is 2.63.